The maximum atomic E-state index is 11.3. The normalized spacial score (nSPS) is 16.8. The summed E-state index contributed by atoms with van der Waals surface area (Å²) in [6.07, 6.45) is 0. The van der Waals surface area contributed by atoms with E-state index in [0.717, 1.165) is 11.3 Å². The van der Waals surface area contributed by atoms with Crippen LogP contribution >= 0.6 is 11.6 Å². The molecule has 0 aliphatic carbocycles. The second-order valence-electron chi connectivity index (χ2n) is 4.04. The molecule has 1 fully saturated rings. The van der Waals surface area contributed by atoms with E-state index in [1.807, 2.05) is 0 Å². The summed E-state index contributed by atoms with van der Waals surface area (Å²) in [7, 11) is -0.738. The third-order valence-electron chi connectivity index (χ3n) is 2.94. The number of alkyl halides is 1. The van der Waals surface area contributed by atoms with Crippen molar-refractivity contribution in [1.82, 2.24) is 0 Å². The lowest BCUT2D eigenvalue weighted by Crippen LogP contribution is -2.38. The van der Waals surface area contributed by atoms with Crippen LogP contribution in [0, 0.1) is 10.1 Å². The minimum atomic E-state index is -0.738. The Morgan fingerprint density at radius 2 is 2.06 bits per heavy atom. The van der Waals surface area contributed by atoms with Crippen molar-refractivity contribution >= 4 is 33.8 Å². The summed E-state index contributed by atoms with van der Waals surface area (Å²) in [6, 6.07) is 4.72. The zero-order chi connectivity index (χ0) is 13.1. The molecule has 98 valence electrons. The Balaban J connectivity index is 2.27. The molecule has 5 nitrogen and oxygen atoms in total. The summed E-state index contributed by atoms with van der Waals surface area (Å²) >= 11 is 5.85. The molecular weight excluding hydrogens is 276 g/mol. The first-order chi connectivity index (χ1) is 8.61. The van der Waals surface area contributed by atoms with Crippen LogP contribution in [0.25, 0.3) is 0 Å². The molecule has 0 saturated carbocycles. The van der Waals surface area contributed by atoms with Gasteiger partial charge in [-0.05, 0) is 11.6 Å². The molecule has 1 aromatic rings. The van der Waals surface area contributed by atoms with E-state index in [2.05, 4.69) is 4.90 Å². The van der Waals surface area contributed by atoms with Crippen molar-refractivity contribution in [2.24, 2.45) is 0 Å². The van der Waals surface area contributed by atoms with Crippen LogP contribution in [0.3, 0.4) is 0 Å². The van der Waals surface area contributed by atoms with Gasteiger partial charge in [0, 0.05) is 59.1 Å². The fourth-order valence-electron chi connectivity index (χ4n) is 1.98. The largest absolute Gasteiger partial charge is 0.369 e. The van der Waals surface area contributed by atoms with Gasteiger partial charge in [-0.1, -0.05) is 0 Å². The van der Waals surface area contributed by atoms with E-state index in [-0.39, 0.29) is 11.6 Å². The molecule has 0 spiro atoms. The minimum absolute atomic E-state index is 0.0509. The Morgan fingerprint density at radius 3 is 2.61 bits per heavy atom. The van der Waals surface area contributed by atoms with Crippen molar-refractivity contribution in [1.29, 1.82) is 0 Å². The van der Waals surface area contributed by atoms with Crippen LogP contribution in [-0.4, -0.2) is 33.7 Å². The maximum absolute atomic E-state index is 11.3. The number of benzene rings is 1. The fourth-order valence-corrected chi connectivity index (χ4v) is 3.25. The molecule has 0 amide bonds. The molecule has 0 N–H and O–H groups in total. The highest BCUT2D eigenvalue weighted by molar-refractivity contribution is 7.85. The zero-order valence-corrected chi connectivity index (χ0v) is 11.2. The maximum Gasteiger partial charge on any atom is 0.269 e. The van der Waals surface area contributed by atoms with Gasteiger partial charge < -0.3 is 4.90 Å². The number of halogens is 1. The van der Waals surface area contributed by atoms with Gasteiger partial charge in [0.05, 0.1) is 4.92 Å². The average molecular weight is 289 g/mol. The fraction of sp³-hybridized carbons (Fsp3) is 0.455. The Bertz CT molecular complexity index is 485. The summed E-state index contributed by atoms with van der Waals surface area (Å²) in [5, 5.41) is 10.7. The molecule has 0 aromatic heterocycles. The monoisotopic (exact) mass is 288 g/mol. The number of rotatable bonds is 3. The second kappa shape index (κ2) is 5.67. The number of nitro groups is 1. The second-order valence-corrected chi connectivity index (χ2v) is 6.00. The summed E-state index contributed by atoms with van der Waals surface area (Å²) in [4.78, 5) is 12.4. The Labute approximate surface area is 112 Å². The van der Waals surface area contributed by atoms with Crippen LogP contribution in [0.5, 0.6) is 0 Å². The van der Waals surface area contributed by atoms with Crippen molar-refractivity contribution in [3.63, 3.8) is 0 Å². The molecule has 1 aliphatic rings. The lowest BCUT2D eigenvalue weighted by Gasteiger charge is -2.29. The van der Waals surface area contributed by atoms with Crippen molar-refractivity contribution in [3.8, 4) is 0 Å². The molecule has 1 heterocycles. The van der Waals surface area contributed by atoms with Gasteiger partial charge >= 0.3 is 0 Å². The summed E-state index contributed by atoms with van der Waals surface area (Å²) in [6.45, 7) is 1.41. The number of nitro benzene ring substituents is 1. The molecule has 1 aliphatic heterocycles. The van der Waals surface area contributed by atoms with Gasteiger partial charge in [0.15, 0.2) is 0 Å². The SMILES string of the molecule is O=[N+]([O-])c1ccc(N2CCS(=O)CC2)c(CCl)c1. The molecule has 0 atom stereocenters. The molecule has 2 rings (SSSR count). The predicted molar refractivity (Wildman–Crippen MR) is 72.7 cm³/mol. The summed E-state index contributed by atoms with van der Waals surface area (Å²) in [5.41, 5.74) is 1.71. The van der Waals surface area contributed by atoms with E-state index in [0.29, 0.717) is 24.6 Å². The van der Waals surface area contributed by atoms with E-state index in [1.54, 1.807) is 6.07 Å². The van der Waals surface area contributed by atoms with E-state index < -0.39 is 15.7 Å². The molecule has 1 saturated heterocycles. The molecule has 18 heavy (non-hydrogen) atoms. The van der Waals surface area contributed by atoms with Gasteiger partial charge in [0.1, 0.15) is 0 Å². The Hall–Kier alpha value is -1.14. The first-order valence-electron chi connectivity index (χ1n) is 5.55. The number of non-ortho nitro benzene ring substituents is 1. The average Bonchev–Trinajstić information content (AvgIpc) is 2.39. The van der Waals surface area contributed by atoms with Gasteiger partial charge in [-0.3, -0.25) is 14.3 Å². The molecule has 7 heteroatoms. The van der Waals surface area contributed by atoms with Gasteiger partial charge in [-0.2, -0.15) is 0 Å². The van der Waals surface area contributed by atoms with Crippen LogP contribution in [0.4, 0.5) is 11.4 Å². The van der Waals surface area contributed by atoms with E-state index in [9.17, 15) is 14.3 Å². The molecular formula is C11H13ClN2O3S. The Morgan fingerprint density at radius 1 is 1.39 bits per heavy atom. The van der Waals surface area contributed by atoms with Crippen molar-refractivity contribution in [2.75, 3.05) is 29.5 Å². The lowest BCUT2D eigenvalue weighted by atomic mass is 10.1. The first kappa shape index (κ1) is 13.3. The number of hydrogen-bond donors (Lipinski definition) is 0. The van der Waals surface area contributed by atoms with Crippen molar-refractivity contribution < 1.29 is 9.13 Å². The third-order valence-corrected chi connectivity index (χ3v) is 4.50. The highest BCUT2D eigenvalue weighted by atomic mass is 35.5. The van der Waals surface area contributed by atoms with Crippen molar-refractivity contribution in [3.05, 3.63) is 33.9 Å². The van der Waals surface area contributed by atoms with Crippen LogP contribution in [0.15, 0.2) is 18.2 Å². The minimum Gasteiger partial charge on any atom is -0.369 e. The number of nitrogens with zero attached hydrogens (tertiary/aromatic N) is 2. The summed E-state index contributed by atoms with van der Waals surface area (Å²) < 4.78 is 11.3. The van der Waals surface area contributed by atoms with E-state index >= 15 is 0 Å². The highest BCUT2D eigenvalue weighted by Crippen LogP contribution is 2.27. The van der Waals surface area contributed by atoms with Gasteiger partial charge in [0.25, 0.3) is 5.69 Å². The van der Waals surface area contributed by atoms with Gasteiger partial charge in [0.2, 0.25) is 0 Å². The quantitative estimate of drug-likeness (QED) is 0.484. The third kappa shape index (κ3) is 2.81. The smallest absolute Gasteiger partial charge is 0.269 e. The molecule has 0 bridgehead atoms. The first-order valence-corrected chi connectivity index (χ1v) is 7.57. The predicted octanol–water partition coefficient (Wildman–Crippen LogP) is 1.90. The number of hydrogen-bond acceptors (Lipinski definition) is 4. The van der Waals surface area contributed by atoms with E-state index in [1.165, 1.54) is 12.1 Å². The highest BCUT2D eigenvalue weighted by Gasteiger charge is 2.19. The molecule has 1 aromatic carbocycles. The number of anilines is 1. The molecule has 0 radical (unpaired) electrons. The van der Waals surface area contributed by atoms with Crippen LogP contribution < -0.4 is 4.90 Å². The summed E-state index contributed by atoms with van der Waals surface area (Å²) in [5.74, 6) is 1.51. The molecule has 0 unspecified atom stereocenters. The standard InChI is InChI=1S/C11H13ClN2O3S/c12-8-9-7-10(14(15)16)1-2-11(9)13-3-5-18(17)6-4-13/h1-2,7H,3-6,8H2. The van der Waals surface area contributed by atoms with E-state index in [4.69, 9.17) is 11.6 Å². The topological polar surface area (TPSA) is 63.5 Å². The lowest BCUT2D eigenvalue weighted by molar-refractivity contribution is -0.384. The van der Waals surface area contributed by atoms with Crippen LogP contribution in [0.2, 0.25) is 0 Å². The van der Waals surface area contributed by atoms with Crippen LogP contribution in [-0.2, 0) is 16.7 Å². The van der Waals surface area contributed by atoms with Gasteiger partial charge in [-0.25, -0.2) is 0 Å². The van der Waals surface area contributed by atoms with Crippen LogP contribution in [0.1, 0.15) is 5.56 Å². The Kier molecular flexibility index (Phi) is 4.19. The van der Waals surface area contributed by atoms with Gasteiger partial charge in [-0.15, -0.1) is 11.6 Å². The zero-order valence-electron chi connectivity index (χ0n) is 9.67. The van der Waals surface area contributed by atoms with Crippen molar-refractivity contribution in [2.45, 2.75) is 5.88 Å².